The van der Waals surface area contributed by atoms with Crippen LogP contribution in [0.2, 0.25) is 12.6 Å². The summed E-state index contributed by atoms with van der Waals surface area (Å²) in [4.78, 5) is 5.27. The minimum absolute atomic E-state index is 0.230. The first-order valence-electron chi connectivity index (χ1n) is 4.33. The van der Waals surface area contributed by atoms with E-state index in [0.717, 1.165) is 6.04 Å². The summed E-state index contributed by atoms with van der Waals surface area (Å²) in [6.45, 7) is 13.9. The SMILES string of the molecule is C=C[Si](C)(CC)OOC(C)(C)C. The van der Waals surface area contributed by atoms with Crippen molar-refractivity contribution in [1.82, 2.24) is 0 Å². The zero-order valence-corrected chi connectivity index (χ0v) is 9.81. The second-order valence-corrected chi connectivity index (χ2v) is 8.06. The molecule has 0 aromatic heterocycles. The van der Waals surface area contributed by atoms with Crippen LogP contribution in [-0.4, -0.2) is 13.9 Å². The molecule has 0 aliphatic heterocycles. The van der Waals surface area contributed by atoms with E-state index in [-0.39, 0.29) is 5.60 Å². The van der Waals surface area contributed by atoms with Gasteiger partial charge in [0.05, 0.1) is 5.60 Å². The summed E-state index contributed by atoms with van der Waals surface area (Å²) in [7, 11) is -1.77. The smallest absolute Gasteiger partial charge is 0.258 e. The molecule has 0 saturated carbocycles. The first-order chi connectivity index (χ1) is 5.33. The summed E-state index contributed by atoms with van der Waals surface area (Å²) in [6, 6.07) is 0.993. The third-order valence-electron chi connectivity index (χ3n) is 1.62. The Bertz CT molecular complexity index is 151. The topological polar surface area (TPSA) is 18.5 Å². The van der Waals surface area contributed by atoms with Gasteiger partial charge in [-0.1, -0.05) is 12.6 Å². The second kappa shape index (κ2) is 4.21. The molecule has 0 aliphatic rings. The first-order valence-corrected chi connectivity index (χ1v) is 7.03. The molecule has 2 nitrogen and oxygen atoms in total. The summed E-state index contributed by atoms with van der Waals surface area (Å²) < 4.78 is 5.41. The van der Waals surface area contributed by atoms with Crippen LogP contribution < -0.4 is 0 Å². The first kappa shape index (κ1) is 11.9. The molecule has 0 amide bonds. The quantitative estimate of drug-likeness (QED) is 0.383. The standard InChI is InChI=1S/C9H20O2Si/c1-7-12(6,8-2)11-10-9(3,4)5/h7H,1,8H2,2-6H3. The molecule has 12 heavy (non-hydrogen) atoms. The van der Waals surface area contributed by atoms with E-state index in [9.17, 15) is 0 Å². The van der Waals surface area contributed by atoms with E-state index in [1.165, 1.54) is 0 Å². The van der Waals surface area contributed by atoms with Crippen molar-refractivity contribution in [3.8, 4) is 0 Å². The Hall–Kier alpha value is -0.123. The van der Waals surface area contributed by atoms with Crippen molar-refractivity contribution in [2.24, 2.45) is 0 Å². The number of hydrogen-bond donors (Lipinski definition) is 0. The van der Waals surface area contributed by atoms with Gasteiger partial charge in [-0.25, -0.2) is 4.89 Å². The van der Waals surface area contributed by atoms with Crippen molar-refractivity contribution in [3.05, 3.63) is 12.3 Å². The minimum atomic E-state index is -1.77. The van der Waals surface area contributed by atoms with E-state index in [2.05, 4.69) is 20.0 Å². The largest absolute Gasteiger partial charge is 0.281 e. The molecule has 0 heterocycles. The molecule has 1 atom stereocenters. The van der Waals surface area contributed by atoms with Gasteiger partial charge in [0.15, 0.2) is 0 Å². The Morgan fingerprint density at radius 2 is 1.92 bits per heavy atom. The van der Waals surface area contributed by atoms with Crippen LogP contribution in [0.4, 0.5) is 0 Å². The van der Waals surface area contributed by atoms with Crippen LogP contribution in [0.25, 0.3) is 0 Å². The molecule has 0 fully saturated rings. The number of hydrogen-bond acceptors (Lipinski definition) is 2. The van der Waals surface area contributed by atoms with E-state index >= 15 is 0 Å². The van der Waals surface area contributed by atoms with E-state index in [0.29, 0.717) is 0 Å². The van der Waals surface area contributed by atoms with E-state index in [1.54, 1.807) is 0 Å². The molecule has 1 unspecified atom stereocenters. The van der Waals surface area contributed by atoms with Crippen LogP contribution in [-0.2, 0) is 9.46 Å². The fraction of sp³-hybridized carbons (Fsp3) is 0.778. The predicted octanol–water partition coefficient (Wildman–Crippen LogP) is 3.05. The van der Waals surface area contributed by atoms with Crippen LogP contribution in [0.1, 0.15) is 27.7 Å². The van der Waals surface area contributed by atoms with Crippen molar-refractivity contribution in [1.29, 1.82) is 0 Å². The van der Waals surface area contributed by atoms with Gasteiger partial charge in [-0.15, -0.1) is 6.58 Å². The van der Waals surface area contributed by atoms with Gasteiger partial charge in [0.1, 0.15) is 0 Å². The maximum Gasteiger partial charge on any atom is 0.258 e. The van der Waals surface area contributed by atoms with Crippen LogP contribution in [0, 0.1) is 0 Å². The molecule has 0 saturated heterocycles. The molecule has 0 N–H and O–H groups in total. The molecule has 0 spiro atoms. The third-order valence-corrected chi connectivity index (χ3v) is 4.35. The highest BCUT2D eigenvalue weighted by atomic mass is 28.4. The minimum Gasteiger partial charge on any atom is -0.281 e. The van der Waals surface area contributed by atoms with Crippen LogP contribution in [0.15, 0.2) is 12.3 Å². The lowest BCUT2D eigenvalue weighted by molar-refractivity contribution is -0.284. The highest BCUT2D eigenvalue weighted by molar-refractivity contribution is 6.77. The lowest BCUT2D eigenvalue weighted by Crippen LogP contribution is -2.35. The average molecular weight is 188 g/mol. The predicted molar refractivity (Wildman–Crippen MR) is 54.2 cm³/mol. The fourth-order valence-electron chi connectivity index (χ4n) is 0.457. The Labute approximate surface area is 76.6 Å². The van der Waals surface area contributed by atoms with Crippen molar-refractivity contribution >= 4 is 8.32 Å². The zero-order chi connectivity index (χ0) is 9.83. The maximum atomic E-state index is 5.41. The van der Waals surface area contributed by atoms with Crippen molar-refractivity contribution in [3.63, 3.8) is 0 Å². The van der Waals surface area contributed by atoms with Gasteiger partial charge in [-0.2, -0.15) is 0 Å². The van der Waals surface area contributed by atoms with Crippen molar-refractivity contribution < 1.29 is 9.46 Å². The highest BCUT2D eigenvalue weighted by Crippen LogP contribution is 2.17. The normalized spacial score (nSPS) is 17.1. The number of rotatable bonds is 4. The Morgan fingerprint density at radius 1 is 1.42 bits per heavy atom. The maximum absolute atomic E-state index is 5.41. The Balaban J connectivity index is 3.98. The molecule has 0 aromatic carbocycles. The summed E-state index contributed by atoms with van der Waals surface area (Å²) in [5.74, 6) is 0. The Kier molecular flexibility index (Phi) is 4.17. The summed E-state index contributed by atoms with van der Waals surface area (Å²) >= 11 is 0. The molecule has 0 radical (unpaired) electrons. The van der Waals surface area contributed by atoms with Crippen molar-refractivity contribution in [2.75, 3.05) is 0 Å². The van der Waals surface area contributed by atoms with Gasteiger partial charge in [-0.05, 0) is 33.4 Å². The van der Waals surface area contributed by atoms with Gasteiger partial charge in [-0.3, -0.25) is 4.58 Å². The van der Waals surface area contributed by atoms with Gasteiger partial charge in [0.2, 0.25) is 0 Å². The van der Waals surface area contributed by atoms with Gasteiger partial charge < -0.3 is 0 Å². The summed E-state index contributed by atoms with van der Waals surface area (Å²) in [5.41, 5.74) is 1.67. The highest BCUT2D eigenvalue weighted by Gasteiger charge is 2.27. The van der Waals surface area contributed by atoms with E-state index in [1.807, 2.05) is 26.5 Å². The molecule has 0 rings (SSSR count). The van der Waals surface area contributed by atoms with E-state index in [4.69, 9.17) is 9.46 Å². The molecular weight excluding hydrogens is 168 g/mol. The summed E-state index contributed by atoms with van der Waals surface area (Å²) in [5, 5.41) is 0. The fourth-order valence-corrected chi connectivity index (χ4v) is 1.37. The van der Waals surface area contributed by atoms with Gasteiger partial charge in [0, 0.05) is 0 Å². The molecule has 0 aliphatic carbocycles. The molecule has 0 aromatic rings. The molecule has 72 valence electrons. The average Bonchev–Trinajstić information content (AvgIpc) is 1.99. The van der Waals surface area contributed by atoms with Gasteiger partial charge >= 0.3 is 0 Å². The van der Waals surface area contributed by atoms with Gasteiger partial charge in [0.25, 0.3) is 8.32 Å². The third kappa shape index (κ3) is 4.69. The lowest BCUT2D eigenvalue weighted by Gasteiger charge is -2.26. The Morgan fingerprint density at radius 3 is 2.17 bits per heavy atom. The summed E-state index contributed by atoms with van der Waals surface area (Å²) in [6.07, 6.45) is 0. The molecular formula is C9H20O2Si. The molecule has 0 bridgehead atoms. The second-order valence-electron chi connectivity index (χ2n) is 4.15. The monoisotopic (exact) mass is 188 g/mol. The van der Waals surface area contributed by atoms with Crippen LogP contribution in [0.5, 0.6) is 0 Å². The lowest BCUT2D eigenvalue weighted by atomic mass is 10.2. The molecule has 3 heteroatoms. The van der Waals surface area contributed by atoms with Crippen LogP contribution in [0.3, 0.4) is 0 Å². The van der Waals surface area contributed by atoms with Crippen molar-refractivity contribution in [2.45, 2.75) is 45.9 Å². The van der Waals surface area contributed by atoms with Crippen LogP contribution >= 0.6 is 0 Å². The zero-order valence-electron chi connectivity index (χ0n) is 8.81. The van der Waals surface area contributed by atoms with E-state index < -0.39 is 8.32 Å².